The van der Waals surface area contributed by atoms with Gasteiger partial charge in [0.2, 0.25) is 5.91 Å². The molecule has 1 amide bonds. The monoisotopic (exact) mass is 434 g/mol. The first-order valence-corrected chi connectivity index (χ1v) is 11.3. The van der Waals surface area contributed by atoms with Gasteiger partial charge in [-0.15, -0.1) is 21.5 Å². The number of hydrogen-bond acceptors (Lipinski definition) is 5. The molecule has 0 unspecified atom stereocenters. The number of carbonyl (C=O) groups excluding carboxylic acids is 1. The molecule has 0 fully saturated rings. The molecule has 148 valence electrons. The molecule has 28 heavy (non-hydrogen) atoms. The Labute approximate surface area is 178 Å². The Morgan fingerprint density at radius 1 is 1.25 bits per heavy atom. The van der Waals surface area contributed by atoms with Gasteiger partial charge >= 0.3 is 0 Å². The van der Waals surface area contributed by atoms with Crippen LogP contribution in [0, 0.1) is 0 Å². The molecular formula is C20H23ClN4OS2. The second kappa shape index (κ2) is 9.11. The number of hydrogen-bond donors (Lipinski definition) is 1. The highest BCUT2D eigenvalue weighted by Gasteiger charge is 2.19. The lowest BCUT2D eigenvalue weighted by Gasteiger charge is -2.13. The lowest BCUT2D eigenvalue weighted by molar-refractivity contribution is -0.113. The number of benzene rings is 1. The number of carbonyl (C=O) groups is 1. The molecule has 0 atom stereocenters. The molecule has 5 nitrogen and oxygen atoms in total. The first-order chi connectivity index (χ1) is 13.4. The largest absolute Gasteiger partial charge is 0.324 e. The minimum Gasteiger partial charge on any atom is -0.324 e. The number of anilines is 1. The summed E-state index contributed by atoms with van der Waals surface area (Å²) in [5.74, 6) is 1.43. The number of aromatic nitrogens is 3. The van der Waals surface area contributed by atoms with E-state index < -0.39 is 0 Å². The number of thiophene rings is 1. The van der Waals surface area contributed by atoms with Gasteiger partial charge in [0, 0.05) is 21.9 Å². The standard InChI is InChI=1S/C20H23ClN4OS2/c1-12(2)17-9-14(10-27-17)19-23-24-20(25(19)13(3)4)28-11-18(26)22-16-8-6-5-7-15(16)21/h5-10,12-13H,11H2,1-4H3,(H,22,26). The van der Waals surface area contributed by atoms with E-state index >= 15 is 0 Å². The summed E-state index contributed by atoms with van der Waals surface area (Å²) in [4.78, 5) is 13.6. The number of thioether (sulfide) groups is 1. The van der Waals surface area contributed by atoms with Crippen LogP contribution in [0.15, 0.2) is 40.9 Å². The molecule has 0 aliphatic heterocycles. The molecule has 1 N–H and O–H groups in total. The Bertz CT molecular complexity index is 965. The fraction of sp³-hybridized carbons (Fsp3) is 0.350. The zero-order valence-corrected chi connectivity index (χ0v) is 18.7. The predicted molar refractivity (Wildman–Crippen MR) is 119 cm³/mol. The molecule has 0 radical (unpaired) electrons. The average Bonchev–Trinajstić information content (AvgIpc) is 3.28. The van der Waals surface area contributed by atoms with Crippen LogP contribution in [0.3, 0.4) is 0 Å². The second-order valence-corrected chi connectivity index (χ2v) is 9.27. The Hall–Kier alpha value is -1.83. The smallest absolute Gasteiger partial charge is 0.234 e. The van der Waals surface area contributed by atoms with E-state index in [-0.39, 0.29) is 17.7 Å². The van der Waals surface area contributed by atoms with Gasteiger partial charge in [-0.1, -0.05) is 49.3 Å². The minimum absolute atomic E-state index is 0.129. The van der Waals surface area contributed by atoms with Crippen LogP contribution in [0.4, 0.5) is 5.69 Å². The molecular weight excluding hydrogens is 412 g/mol. The number of para-hydroxylation sites is 1. The number of nitrogens with zero attached hydrogens (tertiary/aromatic N) is 3. The van der Waals surface area contributed by atoms with Crippen molar-refractivity contribution >= 4 is 46.3 Å². The molecule has 0 saturated heterocycles. The number of rotatable bonds is 7. The summed E-state index contributed by atoms with van der Waals surface area (Å²) in [7, 11) is 0. The van der Waals surface area contributed by atoms with Gasteiger partial charge in [-0.2, -0.15) is 0 Å². The fourth-order valence-electron chi connectivity index (χ4n) is 2.69. The van der Waals surface area contributed by atoms with Crippen molar-refractivity contribution in [1.82, 2.24) is 14.8 Å². The molecule has 1 aromatic carbocycles. The topological polar surface area (TPSA) is 59.8 Å². The van der Waals surface area contributed by atoms with Crippen LogP contribution in [-0.2, 0) is 4.79 Å². The Morgan fingerprint density at radius 2 is 2.00 bits per heavy atom. The number of nitrogens with one attached hydrogen (secondary N) is 1. The van der Waals surface area contributed by atoms with Crippen molar-refractivity contribution in [3.63, 3.8) is 0 Å². The van der Waals surface area contributed by atoms with Crippen LogP contribution in [0.1, 0.15) is 44.5 Å². The van der Waals surface area contributed by atoms with Crippen molar-refractivity contribution in [3.8, 4) is 11.4 Å². The maximum absolute atomic E-state index is 12.3. The summed E-state index contributed by atoms with van der Waals surface area (Å²) < 4.78 is 2.08. The predicted octanol–water partition coefficient (Wildman–Crippen LogP) is 6.10. The van der Waals surface area contributed by atoms with E-state index in [1.807, 2.05) is 12.1 Å². The summed E-state index contributed by atoms with van der Waals surface area (Å²) in [6, 6.07) is 9.55. The number of halogens is 1. The van der Waals surface area contributed by atoms with Crippen molar-refractivity contribution < 1.29 is 4.79 Å². The Kier molecular flexibility index (Phi) is 6.80. The van der Waals surface area contributed by atoms with E-state index in [4.69, 9.17) is 11.6 Å². The first-order valence-electron chi connectivity index (χ1n) is 9.07. The van der Waals surface area contributed by atoms with Crippen molar-refractivity contribution in [2.45, 2.75) is 44.8 Å². The van der Waals surface area contributed by atoms with Crippen molar-refractivity contribution in [1.29, 1.82) is 0 Å². The lowest BCUT2D eigenvalue weighted by Crippen LogP contribution is -2.15. The molecule has 8 heteroatoms. The van der Waals surface area contributed by atoms with Gasteiger partial charge in [0.05, 0.1) is 16.5 Å². The lowest BCUT2D eigenvalue weighted by atomic mass is 10.1. The molecule has 0 aliphatic carbocycles. The van der Waals surface area contributed by atoms with Crippen molar-refractivity contribution in [2.24, 2.45) is 0 Å². The van der Waals surface area contributed by atoms with E-state index in [9.17, 15) is 4.79 Å². The highest BCUT2D eigenvalue weighted by molar-refractivity contribution is 7.99. The SMILES string of the molecule is CC(C)c1cc(-c2nnc(SCC(=O)Nc3ccccc3Cl)n2C(C)C)cs1. The normalized spacial score (nSPS) is 11.4. The molecule has 2 heterocycles. The van der Waals surface area contributed by atoms with Gasteiger partial charge in [-0.05, 0) is 38.0 Å². The maximum Gasteiger partial charge on any atom is 0.234 e. The zero-order chi connectivity index (χ0) is 20.3. The second-order valence-electron chi connectivity index (χ2n) is 6.98. The van der Waals surface area contributed by atoms with Crippen LogP contribution in [0.5, 0.6) is 0 Å². The Morgan fingerprint density at radius 3 is 2.64 bits per heavy atom. The zero-order valence-electron chi connectivity index (χ0n) is 16.3. The molecule has 0 spiro atoms. The van der Waals surface area contributed by atoms with E-state index in [0.717, 1.165) is 16.5 Å². The average molecular weight is 435 g/mol. The van der Waals surface area contributed by atoms with Crippen LogP contribution >= 0.6 is 34.7 Å². The molecule has 2 aromatic heterocycles. The minimum atomic E-state index is -0.129. The van der Waals surface area contributed by atoms with Gasteiger partial charge in [-0.3, -0.25) is 9.36 Å². The first kappa shape index (κ1) is 20.9. The van der Waals surface area contributed by atoms with Gasteiger partial charge in [0.15, 0.2) is 11.0 Å². The molecule has 0 bridgehead atoms. The van der Waals surface area contributed by atoms with Crippen LogP contribution in [-0.4, -0.2) is 26.4 Å². The molecule has 0 saturated carbocycles. The summed E-state index contributed by atoms with van der Waals surface area (Å²) in [5.41, 5.74) is 1.68. The maximum atomic E-state index is 12.3. The molecule has 0 aliphatic rings. The van der Waals surface area contributed by atoms with Gasteiger partial charge < -0.3 is 5.32 Å². The van der Waals surface area contributed by atoms with Crippen LogP contribution < -0.4 is 5.32 Å². The number of amides is 1. The van der Waals surface area contributed by atoms with Crippen molar-refractivity contribution in [3.05, 3.63) is 45.6 Å². The van der Waals surface area contributed by atoms with E-state index in [0.29, 0.717) is 16.6 Å². The summed E-state index contributed by atoms with van der Waals surface area (Å²) >= 11 is 9.21. The summed E-state index contributed by atoms with van der Waals surface area (Å²) in [6.07, 6.45) is 0. The fourth-order valence-corrected chi connectivity index (χ4v) is 4.64. The third kappa shape index (κ3) is 4.77. The van der Waals surface area contributed by atoms with Crippen LogP contribution in [0.25, 0.3) is 11.4 Å². The highest BCUT2D eigenvalue weighted by Crippen LogP contribution is 2.33. The highest BCUT2D eigenvalue weighted by atomic mass is 35.5. The third-order valence-electron chi connectivity index (χ3n) is 4.11. The molecule has 3 rings (SSSR count). The quantitative estimate of drug-likeness (QED) is 0.456. The van der Waals surface area contributed by atoms with E-state index in [1.165, 1.54) is 16.6 Å². The van der Waals surface area contributed by atoms with E-state index in [2.05, 4.69) is 59.2 Å². The summed E-state index contributed by atoms with van der Waals surface area (Å²) in [5, 5.41) is 15.0. The van der Waals surface area contributed by atoms with Crippen LogP contribution in [0.2, 0.25) is 5.02 Å². The Balaban J connectivity index is 1.74. The van der Waals surface area contributed by atoms with E-state index in [1.54, 1.807) is 23.5 Å². The summed E-state index contributed by atoms with van der Waals surface area (Å²) in [6.45, 7) is 8.55. The molecule has 3 aromatic rings. The van der Waals surface area contributed by atoms with Gasteiger partial charge in [0.1, 0.15) is 0 Å². The third-order valence-corrected chi connectivity index (χ3v) is 6.61. The van der Waals surface area contributed by atoms with Gasteiger partial charge in [0.25, 0.3) is 0 Å². The van der Waals surface area contributed by atoms with Gasteiger partial charge in [-0.25, -0.2) is 0 Å². The van der Waals surface area contributed by atoms with Crippen molar-refractivity contribution in [2.75, 3.05) is 11.1 Å².